The van der Waals surface area contributed by atoms with E-state index in [1.165, 1.54) is 0 Å². The fourth-order valence-corrected chi connectivity index (χ4v) is 1.53. The number of nitrogen functional groups attached to an aromatic ring is 1. The highest BCUT2D eigenvalue weighted by atomic mass is 16.2. The van der Waals surface area contributed by atoms with Crippen LogP contribution in [-0.2, 0) is 0 Å². The van der Waals surface area contributed by atoms with Crippen molar-refractivity contribution in [2.75, 3.05) is 16.4 Å². The standard InChI is InChI=1S/C12H15N5O/c1-7-4-3-5-9(6-7)14-12(18)15-11-10(13)8(2)16-17-11/h3-6H,13H2,1-2H3,(H3,14,15,16,17,18). The van der Waals surface area contributed by atoms with Gasteiger partial charge in [0.1, 0.15) is 0 Å². The van der Waals surface area contributed by atoms with Gasteiger partial charge in [-0.15, -0.1) is 0 Å². The van der Waals surface area contributed by atoms with Crippen molar-refractivity contribution in [3.05, 3.63) is 35.5 Å². The SMILES string of the molecule is Cc1cccc(NC(=O)Nc2n[nH]c(C)c2N)c1. The van der Waals surface area contributed by atoms with Crippen molar-refractivity contribution in [1.29, 1.82) is 0 Å². The summed E-state index contributed by atoms with van der Waals surface area (Å²) in [4.78, 5) is 11.7. The molecule has 6 nitrogen and oxygen atoms in total. The molecule has 1 aromatic carbocycles. The van der Waals surface area contributed by atoms with Gasteiger partial charge in [-0.05, 0) is 31.5 Å². The van der Waals surface area contributed by atoms with Crippen molar-refractivity contribution in [3.8, 4) is 0 Å². The molecule has 2 amide bonds. The lowest BCUT2D eigenvalue weighted by Crippen LogP contribution is -2.20. The van der Waals surface area contributed by atoms with Crippen LogP contribution in [0, 0.1) is 13.8 Å². The minimum atomic E-state index is -0.376. The van der Waals surface area contributed by atoms with Crippen LogP contribution in [0.4, 0.5) is 22.0 Å². The van der Waals surface area contributed by atoms with E-state index in [-0.39, 0.29) is 6.03 Å². The molecule has 0 saturated heterocycles. The Labute approximate surface area is 105 Å². The van der Waals surface area contributed by atoms with Crippen molar-refractivity contribution in [1.82, 2.24) is 10.2 Å². The topological polar surface area (TPSA) is 95.8 Å². The zero-order valence-corrected chi connectivity index (χ0v) is 10.2. The number of anilines is 3. The first kappa shape index (κ1) is 12.0. The molecule has 5 N–H and O–H groups in total. The Balaban J connectivity index is 2.03. The Kier molecular flexibility index (Phi) is 3.18. The first-order valence-electron chi connectivity index (χ1n) is 5.51. The lowest BCUT2D eigenvalue weighted by atomic mass is 10.2. The van der Waals surface area contributed by atoms with E-state index in [2.05, 4.69) is 20.8 Å². The maximum atomic E-state index is 11.7. The normalized spacial score (nSPS) is 10.1. The number of amides is 2. The van der Waals surface area contributed by atoms with Crippen molar-refractivity contribution in [2.45, 2.75) is 13.8 Å². The Morgan fingerprint density at radius 2 is 2.11 bits per heavy atom. The van der Waals surface area contributed by atoms with E-state index in [1.807, 2.05) is 31.2 Å². The summed E-state index contributed by atoms with van der Waals surface area (Å²) in [5.41, 5.74) is 8.69. The predicted octanol–water partition coefficient (Wildman–Crippen LogP) is 2.25. The molecule has 0 unspecified atom stereocenters. The highest BCUT2D eigenvalue weighted by Crippen LogP contribution is 2.18. The van der Waals surface area contributed by atoms with E-state index in [0.717, 1.165) is 16.9 Å². The van der Waals surface area contributed by atoms with Gasteiger partial charge in [0.25, 0.3) is 0 Å². The minimum absolute atomic E-state index is 0.331. The first-order chi connectivity index (χ1) is 8.56. The maximum absolute atomic E-state index is 11.7. The van der Waals surface area contributed by atoms with Crippen molar-refractivity contribution in [3.63, 3.8) is 0 Å². The third kappa shape index (κ3) is 2.60. The third-order valence-electron chi connectivity index (χ3n) is 2.50. The molecule has 2 aromatic rings. The largest absolute Gasteiger partial charge is 0.394 e. The van der Waals surface area contributed by atoms with Gasteiger partial charge in [-0.2, -0.15) is 5.10 Å². The van der Waals surface area contributed by atoms with Crippen LogP contribution in [-0.4, -0.2) is 16.2 Å². The second-order valence-corrected chi connectivity index (χ2v) is 4.06. The molecule has 1 aromatic heterocycles. The predicted molar refractivity (Wildman–Crippen MR) is 71.6 cm³/mol. The molecular weight excluding hydrogens is 230 g/mol. The van der Waals surface area contributed by atoms with E-state index in [1.54, 1.807) is 6.92 Å². The summed E-state index contributed by atoms with van der Waals surface area (Å²) < 4.78 is 0. The van der Waals surface area contributed by atoms with Gasteiger partial charge in [-0.1, -0.05) is 12.1 Å². The number of carbonyl (C=O) groups is 1. The summed E-state index contributed by atoms with van der Waals surface area (Å²) in [6.07, 6.45) is 0. The number of nitrogens with zero attached hydrogens (tertiary/aromatic N) is 1. The molecular formula is C12H15N5O. The van der Waals surface area contributed by atoms with Crippen LogP contribution in [0.2, 0.25) is 0 Å². The highest BCUT2D eigenvalue weighted by molar-refractivity contribution is 6.00. The molecule has 0 spiro atoms. The summed E-state index contributed by atoms with van der Waals surface area (Å²) in [6, 6.07) is 7.14. The van der Waals surface area contributed by atoms with Gasteiger partial charge in [0.15, 0.2) is 5.82 Å². The van der Waals surface area contributed by atoms with Crippen LogP contribution in [0.1, 0.15) is 11.3 Å². The van der Waals surface area contributed by atoms with Crippen LogP contribution in [0.5, 0.6) is 0 Å². The zero-order valence-electron chi connectivity index (χ0n) is 10.2. The molecule has 0 aliphatic rings. The van der Waals surface area contributed by atoms with Gasteiger partial charge in [-0.25, -0.2) is 4.79 Å². The number of carbonyl (C=O) groups excluding carboxylic acids is 1. The van der Waals surface area contributed by atoms with Gasteiger partial charge in [0, 0.05) is 5.69 Å². The molecule has 0 radical (unpaired) electrons. The van der Waals surface area contributed by atoms with Crippen LogP contribution in [0.15, 0.2) is 24.3 Å². The van der Waals surface area contributed by atoms with Gasteiger partial charge in [-0.3, -0.25) is 10.4 Å². The van der Waals surface area contributed by atoms with E-state index < -0.39 is 0 Å². The number of aromatic amines is 1. The molecule has 1 heterocycles. The van der Waals surface area contributed by atoms with Crippen LogP contribution < -0.4 is 16.4 Å². The molecule has 0 aliphatic heterocycles. The Bertz CT molecular complexity index is 576. The minimum Gasteiger partial charge on any atom is -0.394 e. The molecule has 18 heavy (non-hydrogen) atoms. The summed E-state index contributed by atoms with van der Waals surface area (Å²) >= 11 is 0. The fraction of sp³-hybridized carbons (Fsp3) is 0.167. The van der Waals surface area contributed by atoms with E-state index >= 15 is 0 Å². The van der Waals surface area contributed by atoms with Crippen molar-refractivity contribution in [2.24, 2.45) is 0 Å². The summed E-state index contributed by atoms with van der Waals surface area (Å²) in [6.45, 7) is 3.74. The number of aryl methyl sites for hydroxylation is 2. The van der Waals surface area contributed by atoms with Gasteiger partial charge in [0.2, 0.25) is 0 Å². The fourth-order valence-electron chi connectivity index (χ4n) is 1.53. The van der Waals surface area contributed by atoms with Crippen molar-refractivity contribution < 1.29 is 4.79 Å². The lowest BCUT2D eigenvalue weighted by molar-refractivity contribution is 0.262. The van der Waals surface area contributed by atoms with Crippen LogP contribution in [0.25, 0.3) is 0 Å². The highest BCUT2D eigenvalue weighted by Gasteiger charge is 2.10. The molecule has 0 bridgehead atoms. The number of nitrogens with one attached hydrogen (secondary N) is 3. The van der Waals surface area contributed by atoms with E-state index in [9.17, 15) is 4.79 Å². The number of rotatable bonds is 2. The smallest absolute Gasteiger partial charge is 0.324 e. The lowest BCUT2D eigenvalue weighted by Gasteiger charge is -2.06. The van der Waals surface area contributed by atoms with Gasteiger partial charge < -0.3 is 11.1 Å². The molecule has 0 aliphatic carbocycles. The summed E-state index contributed by atoms with van der Waals surface area (Å²) in [7, 11) is 0. The maximum Gasteiger partial charge on any atom is 0.324 e. The average Bonchev–Trinajstić information content (AvgIpc) is 2.61. The molecule has 0 fully saturated rings. The second kappa shape index (κ2) is 4.79. The van der Waals surface area contributed by atoms with E-state index in [0.29, 0.717) is 11.5 Å². The number of hydrogen-bond donors (Lipinski definition) is 4. The van der Waals surface area contributed by atoms with Gasteiger partial charge >= 0.3 is 6.03 Å². The first-order valence-corrected chi connectivity index (χ1v) is 5.51. The molecule has 2 rings (SSSR count). The van der Waals surface area contributed by atoms with Crippen LogP contribution >= 0.6 is 0 Å². The Morgan fingerprint density at radius 1 is 1.33 bits per heavy atom. The average molecular weight is 245 g/mol. The number of benzene rings is 1. The Hall–Kier alpha value is -2.50. The molecule has 94 valence electrons. The van der Waals surface area contributed by atoms with Crippen LogP contribution in [0.3, 0.4) is 0 Å². The zero-order chi connectivity index (χ0) is 13.1. The number of aromatic nitrogens is 2. The van der Waals surface area contributed by atoms with Gasteiger partial charge in [0.05, 0.1) is 11.4 Å². The number of urea groups is 1. The summed E-state index contributed by atoms with van der Waals surface area (Å²) in [5.74, 6) is 0.331. The number of H-pyrrole nitrogens is 1. The van der Waals surface area contributed by atoms with E-state index in [4.69, 9.17) is 5.73 Å². The number of hydrogen-bond acceptors (Lipinski definition) is 3. The molecule has 6 heteroatoms. The number of nitrogens with two attached hydrogens (primary N) is 1. The van der Waals surface area contributed by atoms with Crippen molar-refractivity contribution >= 4 is 23.2 Å². The quantitative estimate of drug-likeness (QED) is 0.653. The molecule has 0 atom stereocenters. The second-order valence-electron chi connectivity index (χ2n) is 4.06. The Morgan fingerprint density at radius 3 is 2.72 bits per heavy atom. The monoisotopic (exact) mass is 245 g/mol. The summed E-state index contributed by atoms with van der Waals surface area (Å²) in [5, 5.41) is 11.9. The third-order valence-corrected chi connectivity index (χ3v) is 2.50. The molecule has 0 saturated carbocycles.